The van der Waals surface area contributed by atoms with Crippen molar-refractivity contribution in [1.82, 2.24) is 9.88 Å². The zero-order valence-electron chi connectivity index (χ0n) is 12.7. The van der Waals surface area contributed by atoms with E-state index >= 15 is 0 Å². The van der Waals surface area contributed by atoms with Crippen molar-refractivity contribution in [1.29, 1.82) is 0 Å². The molecule has 1 aromatic heterocycles. The predicted molar refractivity (Wildman–Crippen MR) is 84.9 cm³/mol. The van der Waals surface area contributed by atoms with Gasteiger partial charge in [-0.25, -0.2) is 18.2 Å². The van der Waals surface area contributed by atoms with E-state index in [1.807, 2.05) is 20.8 Å². The van der Waals surface area contributed by atoms with Gasteiger partial charge in [-0.3, -0.25) is 0 Å². The molecule has 9 heteroatoms. The van der Waals surface area contributed by atoms with Crippen LogP contribution >= 0.6 is 22.0 Å². The molecule has 1 aromatic rings. The Kier molecular flexibility index (Phi) is 5.03. The van der Waals surface area contributed by atoms with Gasteiger partial charge >= 0.3 is 6.09 Å². The van der Waals surface area contributed by atoms with Crippen LogP contribution in [0.5, 0.6) is 0 Å². The van der Waals surface area contributed by atoms with Gasteiger partial charge in [0.05, 0.1) is 11.2 Å². The van der Waals surface area contributed by atoms with Gasteiger partial charge in [-0.1, -0.05) is 0 Å². The lowest BCUT2D eigenvalue weighted by Gasteiger charge is -2.32. The molecule has 0 N–H and O–H groups in total. The Morgan fingerprint density at radius 2 is 2.00 bits per heavy atom. The van der Waals surface area contributed by atoms with E-state index in [-0.39, 0.29) is 16.2 Å². The highest BCUT2D eigenvalue weighted by Crippen LogP contribution is 2.33. The Hall–Kier alpha value is -0.860. The topological polar surface area (TPSA) is 76.6 Å². The van der Waals surface area contributed by atoms with Crippen molar-refractivity contribution in [3.8, 4) is 0 Å². The fourth-order valence-corrected chi connectivity index (χ4v) is 4.26. The number of rotatable bonds is 2. The number of ether oxygens (including phenoxy) is 1. The van der Waals surface area contributed by atoms with Crippen molar-refractivity contribution in [3.05, 3.63) is 11.2 Å². The average molecular weight is 367 g/mol. The van der Waals surface area contributed by atoms with Gasteiger partial charge in [0.25, 0.3) is 9.05 Å². The van der Waals surface area contributed by atoms with Crippen LogP contribution < -0.4 is 0 Å². The first-order chi connectivity index (χ1) is 10.1. The molecule has 0 spiro atoms. The molecular formula is C13H19ClN2O4S2. The van der Waals surface area contributed by atoms with E-state index in [9.17, 15) is 13.2 Å². The van der Waals surface area contributed by atoms with Crippen LogP contribution in [-0.4, -0.2) is 43.1 Å². The lowest BCUT2D eigenvalue weighted by atomic mass is 9.98. The minimum Gasteiger partial charge on any atom is -0.444 e. The van der Waals surface area contributed by atoms with Crippen LogP contribution in [0, 0.1) is 0 Å². The minimum absolute atomic E-state index is 0.0683. The third kappa shape index (κ3) is 4.57. The van der Waals surface area contributed by atoms with Crippen molar-refractivity contribution in [3.63, 3.8) is 0 Å². The zero-order chi connectivity index (χ0) is 16.5. The van der Waals surface area contributed by atoms with Gasteiger partial charge in [0, 0.05) is 29.7 Å². The molecule has 2 heterocycles. The molecule has 1 aliphatic heterocycles. The molecule has 0 saturated carbocycles. The lowest BCUT2D eigenvalue weighted by Crippen LogP contribution is -2.41. The fourth-order valence-electron chi connectivity index (χ4n) is 2.21. The number of amides is 1. The van der Waals surface area contributed by atoms with Gasteiger partial charge in [-0.2, -0.15) is 0 Å². The van der Waals surface area contributed by atoms with E-state index in [0.717, 1.165) is 29.2 Å². The van der Waals surface area contributed by atoms with Gasteiger partial charge < -0.3 is 9.64 Å². The summed E-state index contributed by atoms with van der Waals surface area (Å²) in [7, 11) is 1.59. The first-order valence-corrected chi connectivity index (χ1v) is 10.1. The van der Waals surface area contributed by atoms with Crippen LogP contribution in [0.3, 0.4) is 0 Å². The number of likely N-dealkylation sites (tertiary alicyclic amines) is 1. The number of hydrogen-bond donors (Lipinski definition) is 0. The van der Waals surface area contributed by atoms with Gasteiger partial charge in [-0.15, -0.1) is 11.3 Å². The molecule has 1 fully saturated rings. The molecule has 1 amide bonds. The second-order valence-corrected chi connectivity index (χ2v) is 10.1. The third-order valence-corrected chi connectivity index (χ3v) is 6.46. The number of piperidine rings is 1. The van der Waals surface area contributed by atoms with Gasteiger partial charge in [0.15, 0.2) is 4.21 Å². The number of halogens is 1. The Bertz CT molecular complexity index is 643. The summed E-state index contributed by atoms with van der Waals surface area (Å²) in [6.07, 6.45) is 2.44. The quantitative estimate of drug-likeness (QED) is 0.751. The summed E-state index contributed by atoms with van der Waals surface area (Å²) in [5.74, 6) is 0.149. The molecule has 2 rings (SSSR count). The lowest BCUT2D eigenvalue weighted by molar-refractivity contribution is 0.0205. The molecule has 124 valence electrons. The Balaban J connectivity index is 1.95. The van der Waals surface area contributed by atoms with Crippen molar-refractivity contribution in [2.24, 2.45) is 0 Å². The van der Waals surface area contributed by atoms with E-state index in [1.54, 1.807) is 4.90 Å². The van der Waals surface area contributed by atoms with Crippen molar-refractivity contribution in [2.45, 2.75) is 49.3 Å². The Morgan fingerprint density at radius 1 is 1.41 bits per heavy atom. The summed E-state index contributed by atoms with van der Waals surface area (Å²) < 4.78 is 28.0. The second kappa shape index (κ2) is 6.33. The summed E-state index contributed by atoms with van der Waals surface area (Å²) in [5, 5.41) is 0.753. The molecule has 6 nitrogen and oxygen atoms in total. The average Bonchev–Trinajstić information content (AvgIpc) is 2.86. The number of nitrogens with zero attached hydrogens (tertiary/aromatic N) is 2. The molecule has 0 unspecified atom stereocenters. The highest BCUT2D eigenvalue weighted by atomic mass is 35.7. The Labute approximate surface area is 138 Å². The van der Waals surface area contributed by atoms with Crippen molar-refractivity contribution in [2.75, 3.05) is 13.1 Å². The van der Waals surface area contributed by atoms with E-state index in [4.69, 9.17) is 15.4 Å². The monoisotopic (exact) mass is 366 g/mol. The van der Waals surface area contributed by atoms with E-state index in [1.165, 1.54) is 6.20 Å². The van der Waals surface area contributed by atoms with Crippen molar-refractivity contribution >= 4 is 37.2 Å². The molecule has 0 atom stereocenters. The molecule has 1 aliphatic rings. The summed E-state index contributed by atoms with van der Waals surface area (Å²) in [6.45, 7) is 6.65. The second-order valence-electron chi connectivity index (χ2n) is 6.20. The number of carbonyl (C=O) groups is 1. The van der Waals surface area contributed by atoms with Crippen LogP contribution in [0.1, 0.15) is 44.5 Å². The zero-order valence-corrected chi connectivity index (χ0v) is 15.1. The highest BCUT2D eigenvalue weighted by molar-refractivity contribution is 8.15. The molecule has 0 radical (unpaired) electrons. The number of hydrogen-bond acceptors (Lipinski definition) is 6. The highest BCUT2D eigenvalue weighted by Gasteiger charge is 2.29. The number of carbonyl (C=O) groups excluding carboxylic acids is 1. The summed E-state index contributed by atoms with van der Waals surface area (Å²) in [4.78, 5) is 17.8. The number of aromatic nitrogens is 1. The fraction of sp³-hybridized carbons (Fsp3) is 0.692. The van der Waals surface area contributed by atoms with E-state index in [2.05, 4.69) is 4.98 Å². The van der Waals surface area contributed by atoms with E-state index in [0.29, 0.717) is 13.1 Å². The maximum atomic E-state index is 12.0. The summed E-state index contributed by atoms with van der Waals surface area (Å²) in [5.41, 5.74) is -0.507. The largest absolute Gasteiger partial charge is 0.444 e. The standard InChI is InChI=1S/C13H19ClN2O4S2/c1-13(2,3)20-12(17)16-6-4-9(5-7-16)11-15-8-10(21-11)22(14,18)19/h8-9H,4-7H2,1-3H3. The minimum atomic E-state index is -3.72. The van der Waals surface area contributed by atoms with Gasteiger partial charge in [-0.05, 0) is 33.6 Å². The first kappa shape index (κ1) is 17.5. The smallest absolute Gasteiger partial charge is 0.410 e. The Morgan fingerprint density at radius 3 is 2.45 bits per heavy atom. The van der Waals surface area contributed by atoms with Crippen LogP contribution in [0.2, 0.25) is 0 Å². The SMILES string of the molecule is CC(C)(C)OC(=O)N1CCC(c2ncc(S(=O)(=O)Cl)s2)CC1. The maximum absolute atomic E-state index is 12.0. The van der Waals surface area contributed by atoms with Crippen LogP contribution in [0.15, 0.2) is 10.4 Å². The molecule has 0 aromatic carbocycles. The maximum Gasteiger partial charge on any atom is 0.410 e. The van der Waals surface area contributed by atoms with Gasteiger partial charge in [0.2, 0.25) is 0 Å². The molecule has 22 heavy (non-hydrogen) atoms. The molecule has 1 saturated heterocycles. The first-order valence-electron chi connectivity index (χ1n) is 6.94. The normalized spacial score (nSPS) is 17.5. The number of thiazole rings is 1. The molecule has 0 bridgehead atoms. The molecule has 0 aliphatic carbocycles. The summed E-state index contributed by atoms with van der Waals surface area (Å²) in [6, 6.07) is 0. The summed E-state index contributed by atoms with van der Waals surface area (Å²) >= 11 is 1.10. The van der Waals surface area contributed by atoms with Crippen LogP contribution in [0.25, 0.3) is 0 Å². The van der Waals surface area contributed by atoms with Crippen molar-refractivity contribution < 1.29 is 17.9 Å². The molecular weight excluding hydrogens is 348 g/mol. The third-order valence-electron chi connectivity index (χ3n) is 3.24. The predicted octanol–water partition coefficient (Wildman–Crippen LogP) is 3.19. The van der Waals surface area contributed by atoms with Crippen LogP contribution in [0.4, 0.5) is 4.79 Å². The van der Waals surface area contributed by atoms with Gasteiger partial charge in [0.1, 0.15) is 5.60 Å². The van der Waals surface area contributed by atoms with Crippen LogP contribution in [-0.2, 0) is 13.8 Å². The van der Waals surface area contributed by atoms with E-state index < -0.39 is 14.7 Å².